The largest absolute Gasteiger partial charge is 0.315 e. The second-order valence-corrected chi connectivity index (χ2v) is 4.26. The summed E-state index contributed by atoms with van der Waals surface area (Å²) in [5, 5.41) is 6.80. The smallest absolute Gasteiger partial charge is 0.0212 e. The van der Waals surface area contributed by atoms with E-state index in [9.17, 15) is 0 Å². The monoisotopic (exact) mass is 206 g/mol. The van der Waals surface area contributed by atoms with E-state index >= 15 is 0 Å². The van der Waals surface area contributed by atoms with Gasteiger partial charge in [0.2, 0.25) is 0 Å². The van der Waals surface area contributed by atoms with E-state index in [0.29, 0.717) is 12.0 Å². The van der Waals surface area contributed by atoms with Crippen LogP contribution >= 0.6 is 0 Å². The van der Waals surface area contributed by atoms with Gasteiger partial charge in [0.1, 0.15) is 0 Å². The van der Waals surface area contributed by atoms with E-state index in [1.165, 1.54) is 5.56 Å². The number of rotatable bonds is 6. The topological polar surface area (TPSA) is 24.1 Å². The molecule has 0 bridgehead atoms. The Morgan fingerprint density at radius 2 is 1.80 bits per heavy atom. The van der Waals surface area contributed by atoms with Crippen molar-refractivity contribution in [1.82, 2.24) is 10.6 Å². The van der Waals surface area contributed by atoms with Crippen LogP contribution in [0.5, 0.6) is 0 Å². The van der Waals surface area contributed by atoms with Crippen LogP contribution < -0.4 is 10.6 Å². The van der Waals surface area contributed by atoms with E-state index in [0.717, 1.165) is 13.1 Å². The Bertz CT molecular complexity index is 256. The van der Waals surface area contributed by atoms with Crippen LogP contribution in [0.1, 0.15) is 19.4 Å². The molecule has 1 unspecified atom stereocenters. The van der Waals surface area contributed by atoms with Crippen molar-refractivity contribution in [2.45, 2.75) is 26.4 Å². The van der Waals surface area contributed by atoms with Gasteiger partial charge in [-0.2, -0.15) is 0 Å². The number of benzene rings is 1. The van der Waals surface area contributed by atoms with Gasteiger partial charge in [-0.3, -0.25) is 0 Å². The van der Waals surface area contributed by atoms with Gasteiger partial charge < -0.3 is 10.6 Å². The molecule has 0 fully saturated rings. The Morgan fingerprint density at radius 3 is 2.33 bits per heavy atom. The van der Waals surface area contributed by atoms with Gasteiger partial charge in [-0.1, -0.05) is 44.2 Å². The van der Waals surface area contributed by atoms with Gasteiger partial charge >= 0.3 is 0 Å². The summed E-state index contributed by atoms with van der Waals surface area (Å²) in [6.45, 7) is 6.45. The Labute approximate surface area is 93.1 Å². The van der Waals surface area contributed by atoms with Crippen molar-refractivity contribution in [2.24, 2.45) is 5.92 Å². The van der Waals surface area contributed by atoms with Gasteiger partial charge in [0.15, 0.2) is 0 Å². The van der Waals surface area contributed by atoms with Crippen molar-refractivity contribution in [3.8, 4) is 0 Å². The molecule has 0 aromatic heterocycles. The van der Waals surface area contributed by atoms with E-state index in [4.69, 9.17) is 0 Å². The maximum absolute atomic E-state index is 3.47. The van der Waals surface area contributed by atoms with E-state index in [1.54, 1.807) is 0 Å². The Kier molecular flexibility index (Phi) is 5.37. The average Bonchev–Trinajstić information content (AvgIpc) is 2.25. The van der Waals surface area contributed by atoms with Crippen LogP contribution in [0.25, 0.3) is 0 Å². The van der Waals surface area contributed by atoms with Crippen LogP contribution in [0.2, 0.25) is 0 Å². The first-order chi connectivity index (χ1) is 7.24. The van der Waals surface area contributed by atoms with Crippen molar-refractivity contribution in [1.29, 1.82) is 0 Å². The highest BCUT2D eigenvalue weighted by atomic mass is 15.0. The molecule has 2 heteroatoms. The lowest BCUT2D eigenvalue weighted by atomic mass is 10.0. The van der Waals surface area contributed by atoms with Gasteiger partial charge in [0.05, 0.1) is 0 Å². The van der Waals surface area contributed by atoms with Gasteiger partial charge in [0.25, 0.3) is 0 Å². The van der Waals surface area contributed by atoms with Crippen molar-refractivity contribution in [3.63, 3.8) is 0 Å². The minimum absolute atomic E-state index is 0.550. The van der Waals surface area contributed by atoms with Crippen LogP contribution in [-0.4, -0.2) is 19.6 Å². The van der Waals surface area contributed by atoms with Gasteiger partial charge in [-0.05, 0) is 18.5 Å². The fraction of sp³-hybridized carbons (Fsp3) is 0.538. The average molecular weight is 206 g/mol. The first-order valence-electron chi connectivity index (χ1n) is 5.66. The zero-order valence-electron chi connectivity index (χ0n) is 9.96. The summed E-state index contributed by atoms with van der Waals surface area (Å²) in [7, 11) is 2.02. The summed E-state index contributed by atoms with van der Waals surface area (Å²) in [6, 6.07) is 11.1. The van der Waals surface area contributed by atoms with Crippen molar-refractivity contribution < 1.29 is 0 Å². The molecule has 0 amide bonds. The second kappa shape index (κ2) is 6.59. The third-order valence-corrected chi connectivity index (χ3v) is 2.71. The van der Waals surface area contributed by atoms with Crippen LogP contribution in [0.4, 0.5) is 0 Å². The molecule has 1 rings (SSSR count). The third-order valence-electron chi connectivity index (χ3n) is 2.71. The molecule has 2 nitrogen and oxygen atoms in total. The number of hydrogen-bond acceptors (Lipinski definition) is 2. The quantitative estimate of drug-likeness (QED) is 0.744. The first-order valence-corrected chi connectivity index (χ1v) is 5.66. The highest BCUT2D eigenvalue weighted by molar-refractivity contribution is 5.14. The molecular weight excluding hydrogens is 184 g/mol. The molecule has 0 spiro atoms. The Morgan fingerprint density at radius 1 is 1.13 bits per heavy atom. The minimum Gasteiger partial charge on any atom is -0.315 e. The van der Waals surface area contributed by atoms with Gasteiger partial charge in [0, 0.05) is 19.1 Å². The van der Waals surface area contributed by atoms with Crippen LogP contribution in [0, 0.1) is 5.92 Å². The molecule has 0 aliphatic carbocycles. The molecule has 1 aromatic rings. The predicted molar refractivity (Wildman–Crippen MR) is 65.8 cm³/mol. The summed E-state index contributed by atoms with van der Waals surface area (Å²) in [4.78, 5) is 0. The maximum atomic E-state index is 3.47. The lowest BCUT2D eigenvalue weighted by Crippen LogP contribution is -2.40. The standard InChI is InChI=1S/C13H22N2/c1-11(2)13(14-3)10-15-9-12-7-5-4-6-8-12/h4-8,11,13-15H,9-10H2,1-3H3. The van der Waals surface area contributed by atoms with Gasteiger partial charge in [-0.25, -0.2) is 0 Å². The summed E-state index contributed by atoms with van der Waals surface area (Å²) >= 11 is 0. The SMILES string of the molecule is CNC(CNCc1ccccc1)C(C)C. The van der Waals surface area contributed by atoms with E-state index in [2.05, 4.69) is 48.7 Å². The van der Waals surface area contributed by atoms with Crippen LogP contribution in [0.3, 0.4) is 0 Å². The fourth-order valence-electron chi connectivity index (χ4n) is 1.64. The lowest BCUT2D eigenvalue weighted by Gasteiger charge is -2.20. The fourth-order valence-corrected chi connectivity index (χ4v) is 1.64. The molecule has 0 heterocycles. The summed E-state index contributed by atoms with van der Waals surface area (Å²) in [6.07, 6.45) is 0. The molecule has 0 aliphatic rings. The predicted octanol–water partition coefficient (Wildman–Crippen LogP) is 2.02. The Balaban J connectivity index is 2.27. The van der Waals surface area contributed by atoms with E-state index in [1.807, 2.05) is 13.1 Å². The zero-order valence-corrected chi connectivity index (χ0v) is 9.96. The molecule has 0 saturated carbocycles. The van der Waals surface area contributed by atoms with Crippen molar-refractivity contribution in [3.05, 3.63) is 35.9 Å². The zero-order chi connectivity index (χ0) is 11.1. The normalized spacial score (nSPS) is 13.1. The third kappa shape index (κ3) is 4.45. The number of nitrogens with one attached hydrogen (secondary N) is 2. The van der Waals surface area contributed by atoms with Crippen LogP contribution in [-0.2, 0) is 6.54 Å². The van der Waals surface area contributed by atoms with Crippen LogP contribution in [0.15, 0.2) is 30.3 Å². The molecule has 1 aromatic carbocycles. The molecule has 15 heavy (non-hydrogen) atoms. The van der Waals surface area contributed by atoms with Crippen molar-refractivity contribution in [2.75, 3.05) is 13.6 Å². The molecule has 2 N–H and O–H groups in total. The van der Waals surface area contributed by atoms with Gasteiger partial charge in [-0.15, -0.1) is 0 Å². The maximum Gasteiger partial charge on any atom is 0.0212 e. The lowest BCUT2D eigenvalue weighted by molar-refractivity contribution is 0.402. The van der Waals surface area contributed by atoms with E-state index in [-0.39, 0.29) is 0 Å². The summed E-state index contributed by atoms with van der Waals surface area (Å²) < 4.78 is 0. The Hall–Kier alpha value is -0.860. The first kappa shape index (κ1) is 12.2. The highest BCUT2D eigenvalue weighted by Gasteiger charge is 2.09. The number of hydrogen-bond donors (Lipinski definition) is 2. The molecule has 0 radical (unpaired) electrons. The second-order valence-electron chi connectivity index (χ2n) is 4.26. The van der Waals surface area contributed by atoms with Crippen molar-refractivity contribution >= 4 is 0 Å². The summed E-state index contributed by atoms with van der Waals surface area (Å²) in [5.41, 5.74) is 1.34. The molecule has 1 atom stereocenters. The minimum atomic E-state index is 0.550. The van der Waals surface area contributed by atoms with E-state index < -0.39 is 0 Å². The molecular formula is C13H22N2. The summed E-state index contributed by atoms with van der Waals surface area (Å²) in [5.74, 6) is 0.665. The number of likely N-dealkylation sites (N-methyl/N-ethyl adjacent to an activating group) is 1. The molecule has 0 saturated heterocycles. The highest BCUT2D eigenvalue weighted by Crippen LogP contribution is 2.01. The molecule has 0 aliphatic heterocycles. The molecule has 84 valence electrons.